The summed E-state index contributed by atoms with van der Waals surface area (Å²) in [6, 6.07) is 8.34. The standard InChI is InChI=1S/C59H108O22/c1-4-5-6-7-8-9-10-13-57-14-11-12-15-58(57)80-54-52-78-50-48-76-46-44-74-42-40-72-38-36-70-34-32-68-30-28-66-26-24-64-22-20-62-18-16-61-17-19-63-21-23-65-25-27-67-29-31-69-33-35-71-37-39-73-41-43-75-45-47-77-49-51-79-53-55-81-59(60)56(2)3/h11-12,14-15H,2,4-10,13,16-55H2,1,3H3. The topological polar surface area (TPSA) is 211 Å². The summed E-state index contributed by atoms with van der Waals surface area (Å²) in [5, 5.41) is 0. The summed E-state index contributed by atoms with van der Waals surface area (Å²) < 4.78 is 116. The molecule has 0 unspecified atom stereocenters. The highest BCUT2D eigenvalue weighted by Crippen LogP contribution is 2.21. The Morgan fingerprint density at radius 3 is 0.790 bits per heavy atom. The quantitative estimate of drug-likeness (QED) is 0.0429. The maximum absolute atomic E-state index is 11.2. The zero-order valence-corrected chi connectivity index (χ0v) is 49.9. The van der Waals surface area contributed by atoms with Crippen LogP contribution in [0.5, 0.6) is 5.75 Å². The highest BCUT2D eigenvalue weighted by molar-refractivity contribution is 5.86. The van der Waals surface area contributed by atoms with Crippen molar-refractivity contribution < 1.29 is 104 Å². The van der Waals surface area contributed by atoms with Crippen LogP contribution in [-0.2, 0) is 106 Å². The fraction of sp³-hybridized carbons (Fsp3) is 0.847. The molecule has 1 rings (SSSR count). The normalized spacial score (nSPS) is 11.5. The summed E-state index contributed by atoms with van der Waals surface area (Å²) in [7, 11) is 0. The molecular weight excluding hydrogens is 1060 g/mol. The average molecular weight is 1170 g/mol. The minimum atomic E-state index is -0.417. The van der Waals surface area contributed by atoms with Crippen molar-refractivity contribution in [3.63, 3.8) is 0 Å². The third-order valence-corrected chi connectivity index (χ3v) is 11.0. The summed E-state index contributed by atoms with van der Waals surface area (Å²) in [5.41, 5.74) is 1.65. The Hall–Kier alpha value is -2.53. The molecule has 0 N–H and O–H groups in total. The fourth-order valence-electron chi connectivity index (χ4n) is 6.71. The molecule has 0 amide bonds. The van der Waals surface area contributed by atoms with E-state index in [0.717, 1.165) is 12.2 Å². The first-order valence-electron chi connectivity index (χ1n) is 29.7. The Bertz CT molecular complexity index is 1420. The van der Waals surface area contributed by atoms with Gasteiger partial charge in [0.25, 0.3) is 0 Å². The zero-order chi connectivity index (χ0) is 57.9. The number of rotatable bonds is 70. The number of carbonyl (C=O) groups is 1. The lowest BCUT2D eigenvalue weighted by molar-refractivity contribution is -0.140. The number of aryl methyl sites for hydroxylation is 1. The van der Waals surface area contributed by atoms with Crippen molar-refractivity contribution in [3.05, 3.63) is 42.0 Å². The molecule has 0 radical (unpaired) electrons. The zero-order valence-electron chi connectivity index (χ0n) is 49.9. The van der Waals surface area contributed by atoms with E-state index >= 15 is 0 Å². The second kappa shape index (κ2) is 66.6. The molecular formula is C59H108O22. The van der Waals surface area contributed by atoms with Crippen molar-refractivity contribution >= 4 is 5.97 Å². The van der Waals surface area contributed by atoms with Gasteiger partial charge in [-0.05, 0) is 31.4 Å². The molecule has 476 valence electrons. The van der Waals surface area contributed by atoms with Crippen LogP contribution < -0.4 is 4.74 Å². The molecule has 1 aromatic rings. The van der Waals surface area contributed by atoms with Gasteiger partial charge in [-0.25, -0.2) is 4.79 Å². The number of ether oxygens (including phenoxy) is 21. The smallest absolute Gasteiger partial charge is 0.333 e. The number of esters is 1. The van der Waals surface area contributed by atoms with Crippen molar-refractivity contribution in [1.29, 1.82) is 0 Å². The van der Waals surface area contributed by atoms with Crippen LogP contribution >= 0.6 is 0 Å². The lowest BCUT2D eigenvalue weighted by Crippen LogP contribution is -2.16. The highest BCUT2D eigenvalue weighted by atomic mass is 16.6. The van der Waals surface area contributed by atoms with E-state index in [9.17, 15) is 4.79 Å². The van der Waals surface area contributed by atoms with Gasteiger partial charge in [-0.3, -0.25) is 0 Å². The van der Waals surface area contributed by atoms with Gasteiger partial charge in [-0.2, -0.15) is 0 Å². The third-order valence-electron chi connectivity index (χ3n) is 11.0. The molecule has 0 atom stereocenters. The predicted octanol–water partition coefficient (Wildman–Crippen LogP) is 5.79. The van der Waals surface area contributed by atoms with Crippen molar-refractivity contribution in [2.24, 2.45) is 0 Å². The van der Waals surface area contributed by atoms with Crippen molar-refractivity contribution in [3.8, 4) is 5.75 Å². The molecule has 81 heavy (non-hydrogen) atoms. The number of para-hydroxylation sites is 1. The summed E-state index contributed by atoms with van der Waals surface area (Å²) in [5.74, 6) is 0.551. The van der Waals surface area contributed by atoms with Crippen molar-refractivity contribution in [1.82, 2.24) is 0 Å². The molecule has 0 spiro atoms. The van der Waals surface area contributed by atoms with Gasteiger partial charge < -0.3 is 99.5 Å². The number of unbranched alkanes of at least 4 members (excludes halogenated alkanes) is 6. The van der Waals surface area contributed by atoms with Gasteiger partial charge in [0, 0.05) is 5.57 Å². The van der Waals surface area contributed by atoms with Crippen LogP contribution in [0.15, 0.2) is 36.4 Å². The van der Waals surface area contributed by atoms with Crippen LogP contribution in [-0.4, -0.2) is 270 Å². The Morgan fingerprint density at radius 2 is 0.531 bits per heavy atom. The van der Waals surface area contributed by atoms with Crippen LogP contribution in [0, 0.1) is 0 Å². The van der Waals surface area contributed by atoms with Gasteiger partial charge in [0.05, 0.1) is 251 Å². The van der Waals surface area contributed by atoms with Crippen LogP contribution in [0.2, 0.25) is 0 Å². The minimum absolute atomic E-state index is 0.192. The first-order valence-corrected chi connectivity index (χ1v) is 29.7. The molecule has 22 heteroatoms. The molecule has 0 aliphatic rings. The van der Waals surface area contributed by atoms with E-state index < -0.39 is 5.97 Å². The third kappa shape index (κ3) is 60.4. The van der Waals surface area contributed by atoms with Crippen LogP contribution in [0.4, 0.5) is 0 Å². The van der Waals surface area contributed by atoms with E-state index in [2.05, 4.69) is 31.7 Å². The lowest BCUT2D eigenvalue weighted by atomic mass is 10.0. The molecule has 0 bridgehead atoms. The molecule has 0 fully saturated rings. The number of hydrogen-bond acceptors (Lipinski definition) is 22. The van der Waals surface area contributed by atoms with E-state index in [4.69, 9.17) is 99.5 Å². The minimum Gasteiger partial charge on any atom is -0.491 e. The van der Waals surface area contributed by atoms with Gasteiger partial charge in [-0.15, -0.1) is 0 Å². The second-order valence-corrected chi connectivity index (χ2v) is 17.9. The summed E-state index contributed by atoms with van der Waals surface area (Å²) in [6.45, 7) is 26.4. The summed E-state index contributed by atoms with van der Waals surface area (Å²) in [6.07, 6.45) is 10.2. The Morgan fingerprint density at radius 1 is 0.309 bits per heavy atom. The first kappa shape index (κ1) is 76.5. The van der Waals surface area contributed by atoms with Crippen LogP contribution in [0.3, 0.4) is 0 Å². The first-order chi connectivity index (χ1) is 40.1. The van der Waals surface area contributed by atoms with E-state index in [0.29, 0.717) is 263 Å². The Kier molecular flexibility index (Phi) is 62.9. The number of benzene rings is 1. The average Bonchev–Trinajstić information content (AvgIpc) is 3.47. The van der Waals surface area contributed by atoms with Gasteiger partial charge in [0.15, 0.2) is 0 Å². The van der Waals surface area contributed by atoms with Crippen molar-refractivity contribution in [2.75, 3.05) is 264 Å². The second-order valence-electron chi connectivity index (χ2n) is 17.9. The Labute approximate surface area is 486 Å². The largest absolute Gasteiger partial charge is 0.491 e. The molecule has 22 nitrogen and oxygen atoms in total. The molecule has 0 saturated heterocycles. The maximum atomic E-state index is 11.2. The van der Waals surface area contributed by atoms with E-state index in [-0.39, 0.29) is 6.61 Å². The van der Waals surface area contributed by atoms with E-state index in [1.807, 2.05) is 6.07 Å². The highest BCUT2D eigenvalue weighted by Gasteiger charge is 2.05. The predicted molar refractivity (Wildman–Crippen MR) is 305 cm³/mol. The van der Waals surface area contributed by atoms with Gasteiger partial charge in [0.1, 0.15) is 19.0 Å². The summed E-state index contributed by atoms with van der Waals surface area (Å²) >= 11 is 0. The molecule has 0 aliphatic carbocycles. The van der Waals surface area contributed by atoms with Gasteiger partial charge in [0.2, 0.25) is 0 Å². The SMILES string of the molecule is C=C(C)C(=O)OCCOCCOCCOCCOCCOCCOCCOCCOCCOCCOCCOCCOCCOCCOCCOCCOCCOCCOCCOCCOc1ccccc1CCCCCCCCC. The van der Waals surface area contributed by atoms with Crippen molar-refractivity contribution in [2.45, 2.75) is 65.2 Å². The molecule has 1 aromatic carbocycles. The monoisotopic (exact) mass is 1170 g/mol. The molecule has 0 aromatic heterocycles. The fourth-order valence-corrected chi connectivity index (χ4v) is 6.71. The van der Waals surface area contributed by atoms with Gasteiger partial charge in [-0.1, -0.05) is 70.2 Å². The molecule has 0 aliphatic heterocycles. The molecule has 0 heterocycles. The Balaban J connectivity index is 1.63. The number of carbonyl (C=O) groups excluding carboxylic acids is 1. The van der Waals surface area contributed by atoms with E-state index in [1.165, 1.54) is 50.5 Å². The maximum Gasteiger partial charge on any atom is 0.333 e. The van der Waals surface area contributed by atoms with Gasteiger partial charge >= 0.3 is 5.97 Å². The number of hydrogen-bond donors (Lipinski definition) is 0. The molecule has 0 saturated carbocycles. The van der Waals surface area contributed by atoms with Crippen LogP contribution in [0.1, 0.15) is 64.4 Å². The van der Waals surface area contributed by atoms with Crippen LogP contribution in [0.25, 0.3) is 0 Å². The summed E-state index contributed by atoms with van der Waals surface area (Å²) in [4.78, 5) is 11.2. The van der Waals surface area contributed by atoms with E-state index in [1.54, 1.807) is 6.92 Å². The lowest BCUT2D eigenvalue weighted by Gasteiger charge is -2.12.